The molecule has 1 unspecified atom stereocenters. The van der Waals surface area contributed by atoms with E-state index in [2.05, 4.69) is 187 Å². The zero-order valence-corrected chi connectivity index (χ0v) is 28.3. The highest BCUT2D eigenvalue weighted by Crippen LogP contribution is 2.48. The van der Waals surface area contributed by atoms with Gasteiger partial charge in [-0.05, 0) is 110 Å². The van der Waals surface area contributed by atoms with Crippen LogP contribution in [0.4, 0.5) is 11.4 Å². The van der Waals surface area contributed by atoms with E-state index in [0.29, 0.717) is 0 Å². The van der Waals surface area contributed by atoms with E-state index < -0.39 is 0 Å². The van der Waals surface area contributed by atoms with Crippen LogP contribution in [0.25, 0.3) is 70.7 Å². The van der Waals surface area contributed by atoms with Crippen LogP contribution in [-0.2, 0) is 0 Å². The van der Waals surface area contributed by atoms with Gasteiger partial charge in [-0.15, -0.1) is 11.3 Å². The second kappa shape index (κ2) is 11.9. The van der Waals surface area contributed by atoms with E-state index in [1.54, 1.807) is 0 Å². The summed E-state index contributed by atoms with van der Waals surface area (Å²) in [6, 6.07) is 62.8. The maximum Gasteiger partial charge on any atom is 0.0646 e. The monoisotopic (exact) mass is 655 g/mol. The summed E-state index contributed by atoms with van der Waals surface area (Å²) in [4.78, 5) is 3.97. The Morgan fingerprint density at radius 3 is 1.86 bits per heavy atom. The smallest absolute Gasteiger partial charge is 0.0646 e. The van der Waals surface area contributed by atoms with Crippen molar-refractivity contribution >= 4 is 71.2 Å². The van der Waals surface area contributed by atoms with Gasteiger partial charge in [-0.25, -0.2) is 0 Å². The Kier molecular flexibility index (Phi) is 6.89. The lowest BCUT2D eigenvalue weighted by Gasteiger charge is -2.36. The molecule has 1 heterocycles. The van der Waals surface area contributed by atoms with Gasteiger partial charge in [0.25, 0.3) is 0 Å². The molecule has 8 aromatic carbocycles. The fraction of sp³-hybridized carbons (Fsp3) is 0.0417. The molecule has 1 nitrogen and oxygen atoms in total. The first-order chi connectivity index (χ1) is 24.8. The van der Waals surface area contributed by atoms with E-state index in [1.165, 1.54) is 86.5 Å². The van der Waals surface area contributed by atoms with Crippen LogP contribution in [0.2, 0.25) is 0 Å². The fourth-order valence-corrected chi connectivity index (χ4v) is 9.12. The third-order valence-electron chi connectivity index (χ3n) is 10.3. The van der Waals surface area contributed by atoms with Gasteiger partial charge in [0.2, 0.25) is 0 Å². The maximum absolute atomic E-state index is 2.60. The molecule has 0 saturated heterocycles. The van der Waals surface area contributed by atoms with Gasteiger partial charge in [0.05, 0.1) is 6.04 Å². The number of hydrogen-bond acceptors (Lipinski definition) is 2. The van der Waals surface area contributed by atoms with Crippen LogP contribution in [-0.4, -0.2) is 0 Å². The molecule has 1 aliphatic carbocycles. The average molecular weight is 656 g/mol. The molecule has 0 amide bonds. The first-order valence-corrected chi connectivity index (χ1v) is 18.2. The number of benzene rings is 8. The Bertz CT molecular complexity index is 2760. The minimum Gasteiger partial charge on any atom is -0.333 e. The third kappa shape index (κ3) is 4.91. The topological polar surface area (TPSA) is 3.24 Å². The first-order valence-electron chi connectivity index (χ1n) is 17.4. The van der Waals surface area contributed by atoms with Gasteiger partial charge in [-0.1, -0.05) is 133 Å². The van der Waals surface area contributed by atoms with Crippen LogP contribution in [0, 0.1) is 0 Å². The van der Waals surface area contributed by atoms with E-state index in [1.807, 2.05) is 11.3 Å². The number of hydrogen-bond donors (Lipinski definition) is 0. The van der Waals surface area contributed by atoms with Crippen LogP contribution in [0.15, 0.2) is 176 Å². The van der Waals surface area contributed by atoms with E-state index in [0.717, 1.165) is 6.42 Å². The molecule has 1 aliphatic rings. The van der Waals surface area contributed by atoms with Crippen molar-refractivity contribution in [2.45, 2.75) is 12.5 Å². The van der Waals surface area contributed by atoms with Crippen molar-refractivity contribution in [1.29, 1.82) is 0 Å². The molecule has 0 radical (unpaired) electrons. The van der Waals surface area contributed by atoms with E-state index >= 15 is 0 Å². The number of thiophene rings is 1. The zero-order valence-electron chi connectivity index (χ0n) is 27.5. The summed E-state index contributed by atoms with van der Waals surface area (Å²) >= 11 is 1.90. The molecule has 0 bridgehead atoms. The minimum atomic E-state index is 0.160. The number of fused-ring (bicyclic) bond motifs is 6. The van der Waals surface area contributed by atoms with Gasteiger partial charge in [0.15, 0.2) is 0 Å². The standard InChI is InChI=1S/C48H33NS/c1-2-12-35-28-37(25-22-32(35)10-1)39-27-24-33-23-26-38(29-40(33)30-39)36-14-7-15-41(31-36)49(44-18-8-13-34-11-3-4-16-42(34)44)45-19-9-21-47-48(45)43-17-5-6-20-46(43)50-47/h1-18,20-31,45H,19H2. The fourth-order valence-electron chi connectivity index (χ4n) is 7.92. The van der Waals surface area contributed by atoms with Crippen molar-refractivity contribution in [3.63, 3.8) is 0 Å². The average Bonchev–Trinajstić information content (AvgIpc) is 3.57. The van der Waals surface area contributed by atoms with E-state index in [4.69, 9.17) is 0 Å². The third-order valence-corrected chi connectivity index (χ3v) is 11.5. The summed E-state index contributed by atoms with van der Waals surface area (Å²) in [6.45, 7) is 0. The lowest BCUT2D eigenvalue weighted by Crippen LogP contribution is -2.25. The summed E-state index contributed by atoms with van der Waals surface area (Å²) in [7, 11) is 0. The van der Waals surface area contributed by atoms with Crippen LogP contribution in [0.1, 0.15) is 22.9 Å². The molecule has 1 atom stereocenters. The van der Waals surface area contributed by atoms with Gasteiger partial charge in [0, 0.05) is 31.9 Å². The van der Waals surface area contributed by atoms with Crippen molar-refractivity contribution in [3.8, 4) is 22.3 Å². The second-order valence-electron chi connectivity index (χ2n) is 13.3. The summed E-state index contributed by atoms with van der Waals surface area (Å²) in [5, 5.41) is 8.91. The van der Waals surface area contributed by atoms with Crippen LogP contribution < -0.4 is 4.90 Å². The zero-order chi connectivity index (χ0) is 33.0. The van der Waals surface area contributed by atoms with Gasteiger partial charge in [0.1, 0.15) is 0 Å². The Balaban J connectivity index is 1.11. The van der Waals surface area contributed by atoms with Gasteiger partial charge >= 0.3 is 0 Å². The molecule has 1 aromatic heterocycles. The number of nitrogens with zero attached hydrogens (tertiary/aromatic N) is 1. The van der Waals surface area contributed by atoms with Crippen LogP contribution in [0.3, 0.4) is 0 Å². The predicted octanol–water partition coefficient (Wildman–Crippen LogP) is 14.0. The van der Waals surface area contributed by atoms with Crippen molar-refractivity contribution < 1.29 is 0 Å². The molecule has 0 N–H and O–H groups in total. The largest absolute Gasteiger partial charge is 0.333 e. The van der Waals surface area contributed by atoms with Crippen LogP contribution >= 0.6 is 11.3 Å². The van der Waals surface area contributed by atoms with E-state index in [9.17, 15) is 0 Å². The Hall–Kier alpha value is -5.96. The lowest BCUT2D eigenvalue weighted by atomic mass is 9.92. The van der Waals surface area contributed by atoms with Crippen molar-refractivity contribution in [2.24, 2.45) is 0 Å². The molecule has 2 heteroatoms. The predicted molar refractivity (Wildman–Crippen MR) is 217 cm³/mol. The lowest BCUT2D eigenvalue weighted by molar-refractivity contribution is 0.713. The normalized spacial score (nSPS) is 14.0. The molecule has 0 saturated carbocycles. The Morgan fingerprint density at radius 1 is 0.460 bits per heavy atom. The second-order valence-corrected chi connectivity index (χ2v) is 14.4. The molecule has 10 rings (SSSR count). The van der Waals surface area contributed by atoms with Gasteiger partial charge in [-0.3, -0.25) is 0 Å². The molecule has 0 fully saturated rings. The SMILES string of the molecule is C1=Cc2sc3ccccc3c2C(N(c2cccc(-c3ccc4ccc(-c5ccc6ccccc6c5)cc4c3)c2)c2cccc3ccccc23)C1. The van der Waals surface area contributed by atoms with Crippen molar-refractivity contribution in [1.82, 2.24) is 0 Å². The van der Waals surface area contributed by atoms with Gasteiger partial charge < -0.3 is 4.90 Å². The number of rotatable bonds is 5. The molecule has 236 valence electrons. The number of anilines is 2. The Labute approximate surface area is 296 Å². The highest BCUT2D eigenvalue weighted by atomic mass is 32.1. The van der Waals surface area contributed by atoms with Gasteiger partial charge in [-0.2, -0.15) is 0 Å². The quantitative estimate of drug-likeness (QED) is 0.178. The molecular formula is C48H33NS. The summed E-state index contributed by atoms with van der Waals surface area (Å²) < 4.78 is 1.35. The van der Waals surface area contributed by atoms with Crippen molar-refractivity contribution in [2.75, 3.05) is 4.90 Å². The summed E-state index contributed by atoms with van der Waals surface area (Å²) in [5.74, 6) is 0. The summed E-state index contributed by atoms with van der Waals surface area (Å²) in [5.41, 5.74) is 8.78. The first kappa shape index (κ1) is 29.0. The molecule has 0 aliphatic heterocycles. The molecular weight excluding hydrogens is 623 g/mol. The maximum atomic E-state index is 2.60. The highest BCUT2D eigenvalue weighted by molar-refractivity contribution is 7.20. The molecule has 50 heavy (non-hydrogen) atoms. The summed E-state index contributed by atoms with van der Waals surface area (Å²) in [6.07, 6.45) is 5.63. The van der Waals surface area contributed by atoms with Crippen molar-refractivity contribution in [3.05, 3.63) is 186 Å². The highest BCUT2D eigenvalue weighted by Gasteiger charge is 2.30. The van der Waals surface area contributed by atoms with Crippen LogP contribution in [0.5, 0.6) is 0 Å². The molecule has 0 spiro atoms. The minimum absolute atomic E-state index is 0.160. The Morgan fingerprint density at radius 2 is 1.06 bits per heavy atom. The molecule has 9 aromatic rings. The van der Waals surface area contributed by atoms with E-state index in [-0.39, 0.29) is 6.04 Å².